The summed E-state index contributed by atoms with van der Waals surface area (Å²) in [6, 6.07) is 12.2. The molecule has 0 unspecified atom stereocenters. The van der Waals surface area contributed by atoms with Crippen LogP contribution in [0.3, 0.4) is 0 Å². The van der Waals surface area contributed by atoms with Gasteiger partial charge in [-0.15, -0.1) is 0 Å². The number of likely N-dealkylation sites (tertiary alicyclic amines) is 1. The second kappa shape index (κ2) is 7.51. The molecule has 2 aliphatic heterocycles. The molecule has 1 spiro atoms. The van der Waals surface area contributed by atoms with Crippen LogP contribution in [-0.2, 0) is 4.79 Å². The van der Waals surface area contributed by atoms with Crippen molar-refractivity contribution < 1.29 is 4.79 Å². The van der Waals surface area contributed by atoms with E-state index in [9.17, 15) is 4.79 Å². The normalized spacial score (nSPS) is 19.4. The van der Waals surface area contributed by atoms with E-state index in [0.29, 0.717) is 18.9 Å². The first-order valence-electron chi connectivity index (χ1n) is 9.68. The third-order valence-corrected chi connectivity index (χ3v) is 5.75. The molecule has 2 aliphatic rings. The minimum absolute atomic E-state index is 0.135. The standard InChI is InChI=1S/C22H26N4O/c1-18-23-12-9-20(24-18)25-14-10-22(11-15-25)16-21(27)26(17-22)13-5-8-19-6-3-2-4-7-19/h2-9,12H,10-11,13-17H2,1H3. The van der Waals surface area contributed by atoms with E-state index >= 15 is 0 Å². The van der Waals surface area contributed by atoms with E-state index < -0.39 is 0 Å². The summed E-state index contributed by atoms with van der Waals surface area (Å²) in [6.45, 7) is 5.41. The van der Waals surface area contributed by atoms with Crippen LogP contribution in [0.25, 0.3) is 6.08 Å². The number of hydrogen-bond acceptors (Lipinski definition) is 4. The summed E-state index contributed by atoms with van der Waals surface area (Å²) < 4.78 is 0. The van der Waals surface area contributed by atoms with Gasteiger partial charge in [-0.05, 0) is 31.4 Å². The fourth-order valence-electron chi connectivity index (χ4n) is 4.19. The van der Waals surface area contributed by atoms with Crippen molar-refractivity contribution in [3.8, 4) is 0 Å². The summed E-state index contributed by atoms with van der Waals surface area (Å²) in [5.74, 6) is 2.10. The summed E-state index contributed by atoms with van der Waals surface area (Å²) in [6.07, 6.45) is 8.79. The van der Waals surface area contributed by atoms with Gasteiger partial charge in [0.15, 0.2) is 0 Å². The summed E-state index contributed by atoms with van der Waals surface area (Å²) in [7, 11) is 0. The Balaban J connectivity index is 1.34. The van der Waals surface area contributed by atoms with Gasteiger partial charge in [0, 0.05) is 44.2 Å². The minimum atomic E-state index is 0.135. The molecule has 27 heavy (non-hydrogen) atoms. The lowest BCUT2D eigenvalue weighted by molar-refractivity contribution is -0.127. The Kier molecular flexibility index (Phi) is 4.92. The van der Waals surface area contributed by atoms with Crippen molar-refractivity contribution in [3.63, 3.8) is 0 Å². The van der Waals surface area contributed by atoms with Crippen molar-refractivity contribution >= 4 is 17.8 Å². The molecule has 1 aromatic heterocycles. The SMILES string of the molecule is Cc1nccc(N2CCC3(CC2)CC(=O)N(CC=Cc2ccccc2)C3)n1. The molecule has 4 rings (SSSR count). The number of amides is 1. The molecular formula is C22H26N4O. The Morgan fingerprint density at radius 3 is 2.67 bits per heavy atom. The highest BCUT2D eigenvalue weighted by Crippen LogP contribution is 2.41. The van der Waals surface area contributed by atoms with Gasteiger partial charge < -0.3 is 9.80 Å². The fourth-order valence-corrected chi connectivity index (χ4v) is 4.19. The van der Waals surface area contributed by atoms with E-state index in [2.05, 4.69) is 39.2 Å². The molecule has 1 aromatic carbocycles. The first kappa shape index (κ1) is 17.7. The van der Waals surface area contributed by atoms with Gasteiger partial charge in [-0.3, -0.25) is 4.79 Å². The van der Waals surface area contributed by atoms with Crippen LogP contribution in [0.15, 0.2) is 48.7 Å². The van der Waals surface area contributed by atoms with Gasteiger partial charge in [0.25, 0.3) is 0 Å². The van der Waals surface area contributed by atoms with Crippen LogP contribution >= 0.6 is 0 Å². The third-order valence-electron chi connectivity index (χ3n) is 5.75. The smallest absolute Gasteiger partial charge is 0.223 e. The van der Waals surface area contributed by atoms with Gasteiger partial charge in [-0.25, -0.2) is 9.97 Å². The minimum Gasteiger partial charge on any atom is -0.356 e. The Labute approximate surface area is 160 Å². The first-order chi connectivity index (χ1) is 13.1. The molecule has 0 atom stereocenters. The number of piperidine rings is 1. The number of aryl methyl sites for hydroxylation is 1. The number of rotatable bonds is 4. The maximum Gasteiger partial charge on any atom is 0.223 e. The lowest BCUT2D eigenvalue weighted by atomic mass is 9.77. The molecule has 0 saturated carbocycles. The average molecular weight is 362 g/mol. The molecule has 2 fully saturated rings. The zero-order chi connectivity index (χ0) is 18.7. The Morgan fingerprint density at radius 2 is 1.93 bits per heavy atom. The highest BCUT2D eigenvalue weighted by Gasteiger charge is 2.44. The number of aromatic nitrogens is 2. The zero-order valence-corrected chi connectivity index (χ0v) is 15.8. The van der Waals surface area contributed by atoms with Gasteiger partial charge >= 0.3 is 0 Å². The van der Waals surface area contributed by atoms with Gasteiger partial charge in [-0.2, -0.15) is 0 Å². The number of nitrogens with zero attached hydrogens (tertiary/aromatic N) is 4. The van der Waals surface area contributed by atoms with Crippen LogP contribution < -0.4 is 4.90 Å². The Bertz CT molecular complexity index is 825. The molecule has 2 aromatic rings. The van der Waals surface area contributed by atoms with Crippen LogP contribution in [0.2, 0.25) is 0 Å². The van der Waals surface area contributed by atoms with Crippen LogP contribution in [0.1, 0.15) is 30.7 Å². The lowest BCUT2D eigenvalue weighted by Crippen LogP contribution is -2.42. The Morgan fingerprint density at radius 1 is 1.15 bits per heavy atom. The molecule has 2 saturated heterocycles. The van der Waals surface area contributed by atoms with Gasteiger partial charge in [-0.1, -0.05) is 42.5 Å². The fraction of sp³-hybridized carbons (Fsp3) is 0.409. The van der Waals surface area contributed by atoms with E-state index in [0.717, 1.165) is 44.1 Å². The third kappa shape index (κ3) is 4.02. The van der Waals surface area contributed by atoms with Crippen molar-refractivity contribution in [2.24, 2.45) is 5.41 Å². The van der Waals surface area contributed by atoms with Crippen LogP contribution in [0.4, 0.5) is 5.82 Å². The van der Waals surface area contributed by atoms with Crippen molar-refractivity contribution in [2.45, 2.75) is 26.2 Å². The molecule has 0 N–H and O–H groups in total. The number of hydrogen-bond donors (Lipinski definition) is 0. The van der Waals surface area contributed by atoms with E-state index in [1.807, 2.05) is 42.3 Å². The second-order valence-corrected chi connectivity index (χ2v) is 7.71. The predicted octanol–water partition coefficient (Wildman–Crippen LogP) is 3.32. The highest BCUT2D eigenvalue weighted by atomic mass is 16.2. The number of carbonyl (C=O) groups is 1. The first-order valence-corrected chi connectivity index (χ1v) is 9.68. The topological polar surface area (TPSA) is 49.3 Å². The summed E-state index contributed by atoms with van der Waals surface area (Å²) in [5.41, 5.74) is 1.31. The monoisotopic (exact) mass is 362 g/mol. The predicted molar refractivity (Wildman–Crippen MR) is 107 cm³/mol. The molecular weight excluding hydrogens is 336 g/mol. The summed E-state index contributed by atoms with van der Waals surface area (Å²) in [5, 5.41) is 0. The van der Waals surface area contributed by atoms with E-state index in [1.165, 1.54) is 5.56 Å². The summed E-state index contributed by atoms with van der Waals surface area (Å²) in [4.78, 5) is 25.6. The largest absolute Gasteiger partial charge is 0.356 e. The quantitative estimate of drug-likeness (QED) is 0.837. The molecule has 0 radical (unpaired) electrons. The summed E-state index contributed by atoms with van der Waals surface area (Å²) >= 11 is 0. The van der Waals surface area contributed by atoms with Gasteiger partial charge in [0.05, 0.1) is 0 Å². The number of benzene rings is 1. The maximum absolute atomic E-state index is 12.5. The lowest BCUT2D eigenvalue weighted by Gasteiger charge is -2.39. The number of carbonyl (C=O) groups excluding carboxylic acids is 1. The molecule has 0 bridgehead atoms. The van der Waals surface area contributed by atoms with Crippen LogP contribution in [-0.4, -0.2) is 47.0 Å². The van der Waals surface area contributed by atoms with E-state index in [-0.39, 0.29) is 5.41 Å². The number of anilines is 1. The van der Waals surface area contributed by atoms with E-state index in [1.54, 1.807) is 0 Å². The highest BCUT2D eigenvalue weighted by molar-refractivity contribution is 5.80. The van der Waals surface area contributed by atoms with Crippen molar-refractivity contribution in [1.29, 1.82) is 0 Å². The maximum atomic E-state index is 12.5. The Hall–Kier alpha value is -2.69. The molecule has 5 nitrogen and oxygen atoms in total. The van der Waals surface area contributed by atoms with Crippen LogP contribution in [0, 0.1) is 12.3 Å². The van der Waals surface area contributed by atoms with Crippen molar-refractivity contribution in [2.75, 3.05) is 31.1 Å². The van der Waals surface area contributed by atoms with Crippen LogP contribution in [0.5, 0.6) is 0 Å². The zero-order valence-electron chi connectivity index (χ0n) is 15.8. The molecule has 1 amide bonds. The molecule has 140 valence electrons. The van der Waals surface area contributed by atoms with Crippen molar-refractivity contribution in [3.05, 3.63) is 60.1 Å². The second-order valence-electron chi connectivity index (χ2n) is 7.71. The molecule has 0 aliphatic carbocycles. The molecule has 5 heteroatoms. The molecule has 3 heterocycles. The van der Waals surface area contributed by atoms with Gasteiger partial charge in [0.1, 0.15) is 11.6 Å². The van der Waals surface area contributed by atoms with Crippen molar-refractivity contribution in [1.82, 2.24) is 14.9 Å². The van der Waals surface area contributed by atoms with Gasteiger partial charge in [0.2, 0.25) is 5.91 Å². The average Bonchev–Trinajstić information content (AvgIpc) is 2.98. The van der Waals surface area contributed by atoms with E-state index in [4.69, 9.17) is 0 Å².